The summed E-state index contributed by atoms with van der Waals surface area (Å²) >= 11 is 0. The largest absolute Gasteiger partial charge is 0.302 e. The summed E-state index contributed by atoms with van der Waals surface area (Å²) in [6.45, 7) is 7.59. The van der Waals surface area contributed by atoms with E-state index in [-0.39, 0.29) is 0 Å². The predicted molar refractivity (Wildman–Crippen MR) is 111 cm³/mol. The van der Waals surface area contributed by atoms with Gasteiger partial charge in [0, 0.05) is 56.0 Å². The van der Waals surface area contributed by atoms with Crippen LogP contribution in [0, 0.1) is 0 Å². The van der Waals surface area contributed by atoms with Crippen LogP contribution in [-0.4, -0.2) is 53.0 Å². The summed E-state index contributed by atoms with van der Waals surface area (Å²) in [6, 6.07) is 10.6. The highest BCUT2D eigenvalue weighted by Gasteiger charge is 2.25. The lowest BCUT2D eigenvalue weighted by Gasteiger charge is -2.33. The van der Waals surface area contributed by atoms with E-state index in [1.54, 1.807) is 0 Å². The van der Waals surface area contributed by atoms with Crippen LogP contribution >= 0.6 is 0 Å². The zero-order valence-electron chi connectivity index (χ0n) is 16.6. The average Bonchev–Trinajstić information content (AvgIpc) is 2.68. The van der Waals surface area contributed by atoms with Gasteiger partial charge in [0.15, 0.2) is 0 Å². The van der Waals surface area contributed by atoms with Gasteiger partial charge in [0.05, 0.1) is 0 Å². The van der Waals surface area contributed by atoms with Crippen LogP contribution in [0.3, 0.4) is 0 Å². The molecule has 0 aliphatic carbocycles. The second-order valence-corrected chi connectivity index (χ2v) is 8.16. The lowest BCUT2D eigenvalue weighted by Crippen LogP contribution is -2.36. The summed E-state index contributed by atoms with van der Waals surface area (Å²) in [5.41, 5.74) is 5.28. The molecule has 0 N–H and O–H groups in total. The standard InChI is InChI=1S/C23H30N4/c1-18(13-19-7-4-3-5-8-19)15-27-11-6-9-20(17-27)23-24-14-21-16-26(2)12-10-22(21)25-23/h3-5,7-8,13-14,20H,6,9-12,15-17H2,1-2H3/b18-13+/t20-/m1/s1. The van der Waals surface area contributed by atoms with Gasteiger partial charge in [0.2, 0.25) is 0 Å². The van der Waals surface area contributed by atoms with Crippen LogP contribution in [0.5, 0.6) is 0 Å². The van der Waals surface area contributed by atoms with E-state index in [4.69, 9.17) is 9.97 Å². The van der Waals surface area contributed by atoms with E-state index in [1.165, 1.54) is 41.8 Å². The predicted octanol–water partition coefficient (Wildman–Crippen LogP) is 3.75. The Balaban J connectivity index is 1.42. The van der Waals surface area contributed by atoms with E-state index >= 15 is 0 Å². The summed E-state index contributed by atoms with van der Waals surface area (Å²) in [7, 11) is 2.17. The third-order valence-corrected chi connectivity index (χ3v) is 5.70. The Bertz CT molecular complexity index is 799. The van der Waals surface area contributed by atoms with Crippen molar-refractivity contribution >= 4 is 6.08 Å². The first-order valence-electron chi connectivity index (χ1n) is 10.1. The highest BCUT2D eigenvalue weighted by molar-refractivity contribution is 5.52. The van der Waals surface area contributed by atoms with Gasteiger partial charge >= 0.3 is 0 Å². The molecule has 0 spiro atoms. The number of hydrogen-bond acceptors (Lipinski definition) is 4. The van der Waals surface area contributed by atoms with Crippen molar-refractivity contribution in [2.24, 2.45) is 0 Å². The van der Waals surface area contributed by atoms with Gasteiger partial charge < -0.3 is 4.90 Å². The van der Waals surface area contributed by atoms with Crippen LogP contribution < -0.4 is 0 Å². The number of hydrogen-bond donors (Lipinski definition) is 0. The maximum Gasteiger partial charge on any atom is 0.132 e. The zero-order chi connectivity index (χ0) is 18.6. The fourth-order valence-corrected chi connectivity index (χ4v) is 4.31. The van der Waals surface area contributed by atoms with Gasteiger partial charge in [-0.15, -0.1) is 0 Å². The van der Waals surface area contributed by atoms with Crippen molar-refractivity contribution in [3.05, 3.63) is 64.7 Å². The summed E-state index contributed by atoms with van der Waals surface area (Å²) in [6.07, 6.45) is 7.86. The molecular weight excluding hydrogens is 332 g/mol. The Kier molecular flexibility index (Phi) is 5.65. The Morgan fingerprint density at radius 2 is 2.07 bits per heavy atom. The molecule has 2 aliphatic heterocycles. The molecule has 0 amide bonds. The highest BCUT2D eigenvalue weighted by atomic mass is 15.1. The maximum atomic E-state index is 4.97. The Labute approximate surface area is 162 Å². The number of nitrogens with zero attached hydrogens (tertiary/aromatic N) is 4. The fourth-order valence-electron chi connectivity index (χ4n) is 4.31. The summed E-state index contributed by atoms with van der Waals surface area (Å²) in [5, 5.41) is 0. The number of likely N-dealkylation sites (tertiary alicyclic amines) is 1. The van der Waals surface area contributed by atoms with E-state index in [0.717, 1.165) is 38.4 Å². The van der Waals surface area contributed by atoms with Crippen molar-refractivity contribution in [3.8, 4) is 0 Å². The summed E-state index contributed by atoms with van der Waals surface area (Å²) in [4.78, 5) is 14.6. The van der Waals surface area contributed by atoms with Crippen LogP contribution in [0.2, 0.25) is 0 Å². The molecular formula is C23H30N4. The number of fused-ring (bicyclic) bond motifs is 1. The van der Waals surface area contributed by atoms with Crippen molar-refractivity contribution < 1.29 is 0 Å². The van der Waals surface area contributed by atoms with Crippen LogP contribution in [-0.2, 0) is 13.0 Å². The van der Waals surface area contributed by atoms with Gasteiger partial charge in [0.1, 0.15) is 5.82 Å². The van der Waals surface area contributed by atoms with Gasteiger partial charge in [-0.25, -0.2) is 9.97 Å². The minimum Gasteiger partial charge on any atom is -0.302 e. The maximum absolute atomic E-state index is 4.97. The molecule has 4 rings (SSSR count). The lowest BCUT2D eigenvalue weighted by molar-refractivity contribution is 0.219. The van der Waals surface area contributed by atoms with Crippen molar-refractivity contribution in [1.82, 2.24) is 19.8 Å². The molecule has 4 nitrogen and oxygen atoms in total. The molecule has 3 heterocycles. The van der Waals surface area contributed by atoms with E-state index < -0.39 is 0 Å². The molecule has 2 aromatic rings. The summed E-state index contributed by atoms with van der Waals surface area (Å²) in [5.74, 6) is 1.53. The monoisotopic (exact) mass is 362 g/mol. The lowest BCUT2D eigenvalue weighted by atomic mass is 9.96. The molecule has 0 saturated carbocycles. The highest BCUT2D eigenvalue weighted by Crippen LogP contribution is 2.26. The molecule has 0 bridgehead atoms. The van der Waals surface area contributed by atoms with Crippen molar-refractivity contribution in [2.45, 2.75) is 38.6 Å². The molecule has 1 aromatic heterocycles. The van der Waals surface area contributed by atoms with Gasteiger partial charge in [-0.1, -0.05) is 42.0 Å². The number of benzene rings is 1. The normalized spacial score (nSPS) is 21.9. The molecule has 4 heteroatoms. The first-order chi connectivity index (χ1) is 13.2. The van der Waals surface area contributed by atoms with E-state index in [0.29, 0.717) is 5.92 Å². The minimum absolute atomic E-state index is 0.466. The molecule has 1 fully saturated rings. The number of aromatic nitrogens is 2. The molecule has 0 radical (unpaired) electrons. The topological polar surface area (TPSA) is 32.3 Å². The molecule has 27 heavy (non-hydrogen) atoms. The third kappa shape index (κ3) is 4.63. The Morgan fingerprint density at radius 3 is 2.93 bits per heavy atom. The second-order valence-electron chi connectivity index (χ2n) is 8.16. The number of likely N-dealkylation sites (N-methyl/N-ethyl adjacent to an activating group) is 1. The van der Waals surface area contributed by atoms with Crippen LogP contribution in [0.15, 0.2) is 42.1 Å². The fraction of sp³-hybridized carbons (Fsp3) is 0.478. The smallest absolute Gasteiger partial charge is 0.132 e. The minimum atomic E-state index is 0.466. The average molecular weight is 363 g/mol. The van der Waals surface area contributed by atoms with Crippen LogP contribution in [0.4, 0.5) is 0 Å². The number of piperidine rings is 1. The number of rotatable bonds is 4. The van der Waals surface area contributed by atoms with Crippen molar-refractivity contribution in [3.63, 3.8) is 0 Å². The van der Waals surface area contributed by atoms with Gasteiger partial charge in [-0.3, -0.25) is 4.90 Å². The van der Waals surface area contributed by atoms with E-state index in [9.17, 15) is 0 Å². The van der Waals surface area contributed by atoms with Crippen molar-refractivity contribution in [2.75, 3.05) is 33.2 Å². The first-order valence-corrected chi connectivity index (χ1v) is 10.1. The molecule has 1 atom stereocenters. The van der Waals surface area contributed by atoms with Crippen molar-refractivity contribution in [1.29, 1.82) is 0 Å². The van der Waals surface area contributed by atoms with Crippen LogP contribution in [0.1, 0.15) is 48.3 Å². The molecule has 2 aliphatic rings. The zero-order valence-corrected chi connectivity index (χ0v) is 16.6. The molecule has 1 saturated heterocycles. The first kappa shape index (κ1) is 18.3. The Morgan fingerprint density at radius 1 is 1.22 bits per heavy atom. The Hall–Kier alpha value is -2.04. The SMILES string of the molecule is C/C(=C\c1ccccc1)CN1CCC[C@@H](c2ncc3c(n2)CCN(C)C3)C1. The summed E-state index contributed by atoms with van der Waals surface area (Å²) < 4.78 is 0. The molecule has 142 valence electrons. The van der Waals surface area contributed by atoms with Gasteiger partial charge in [-0.05, 0) is 38.9 Å². The van der Waals surface area contributed by atoms with Gasteiger partial charge in [-0.2, -0.15) is 0 Å². The van der Waals surface area contributed by atoms with E-state index in [2.05, 4.69) is 66.4 Å². The van der Waals surface area contributed by atoms with E-state index in [1.807, 2.05) is 0 Å². The van der Waals surface area contributed by atoms with Gasteiger partial charge in [0.25, 0.3) is 0 Å². The quantitative estimate of drug-likeness (QED) is 0.829. The molecule has 1 aromatic carbocycles. The van der Waals surface area contributed by atoms with Crippen LogP contribution in [0.25, 0.3) is 6.08 Å². The molecule has 0 unspecified atom stereocenters. The second kappa shape index (κ2) is 8.32. The third-order valence-electron chi connectivity index (χ3n) is 5.70.